The molecule has 98 valence electrons. The largest absolute Gasteiger partial charge is 0.467 e. The number of amides is 1. The van der Waals surface area contributed by atoms with Gasteiger partial charge in [0.1, 0.15) is 0 Å². The number of methoxy groups -OCH3 is 1. The number of morpholine rings is 1. The third-order valence-corrected chi connectivity index (χ3v) is 2.96. The molecular weight excluding hydrogens is 246 g/mol. The molecule has 1 aliphatic rings. The van der Waals surface area contributed by atoms with Crippen molar-refractivity contribution in [3.63, 3.8) is 0 Å². The Morgan fingerprint density at radius 1 is 1.47 bits per heavy atom. The van der Waals surface area contributed by atoms with Crippen LogP contribution in [0.15, 0.2) is 0 Å². The number of alkyl halides is 1. The van der Waals surface area contributed by atoms with Gasteiger partial charge in [-0.05, 0) is 12.8 Å². The second kappa shape index (κ2) is 7.50. The molecule has 1 fully saturated rings. The molecule has 1 atom stereocenters. The Kier molecular flexibility index (Phi) is 6.29. The summed E-state index contributed by atoms with van der Waals surface area (Å²) in [5.74, 6) is 0.0980. The number of nitrogens with zero attached hydrogens (tertiary/aromatic N) is 1. The van der Waals surface area contributed by atoms with E-state index >= 15 is 0 Å². The molecule has 1 aliphatic heterocycles. The summed E-state index contributed by atoms with van der Waals surface area (Å²) in [5, 5.41) is 0. The number of unbranched alkanes of at least 4 members (excludes halogenated alkanes) is 1. The number of hydrogen-bond donors (Lipinski definition) is 0. The first kappa shape index (κ1) is 14.3. The van der Waals surface area contributed by atoms with Crippen molar-refractivity contribution in [1.82, 2.24) is 4.90 Å². The summed E-state index contributed by atoms with van der Waals surface area (Å²) >= 11 is 5.55. The summed E-state index contributed by atoms with van der Waals surface area (Å²) < 4.78 is 9.86. The normalized spacial score (nSPS) is 20.1. The van der Waals surface area contributed by atoms with Crippen molar-refractivity contribution in [3.05, 3.63) is 0 Å². The Balaban J connectivity index is 2.52. The van der Waals surface area contributed by atoms with Crippen molar-refractivity contribution in [2.24, 2.45) is 0 Å². The minimum Gasteiger partial charge on any atom is -0.467 e. The van der Waals surface area contributed by atoms with Crippen molar-refractivity contribution in [2.75, 3.05) is 32.7 Å². The zero-order chi connectivity index (χ0) is 12.7. The van der Waals surface area contributed by atoms with Crippen LogP contribution in [0.3, 0.4) is 0 Å². The maximum Gasteiger partial charge on any atom is 0.331 e. The first-order valence-corrected chi connectivity index (χ1v) is 6.25. The molecule has 17 heavy (non-hydrogen) atoms. The molecule has 0 aromatic heterocycles. The smallest absolute Gasteiger partial charge is 0.331 e. The Morgan fingerprint density at radius 2 is 2.24 bits per heavy atom. The average Bonchev–Trinajstić information content (AvgIpc) is 2.38. The van der Waals surface area contributed by atoms with E-state index in [9.17, 15) is 9.59 Å². The zero-order valence-corrected chi connectivity index (χ0v) is 10.7. The van der Waals surface area contributed by atoms with E-state index in [1.54, 1.807) is 4.90 Å². The Morgan fingerprint density at radius 3 is 2.88 bits per heavy atom. The van der Waals surface area contributed by atoms with Crippen LogP contribution in [0.5, 0.6) is 0 Å². The van der Waals surface area contributed by atoms with Gasteiger partial charge in [0.05, 0.1) is 20.3 Å². The van der Waals surface area contributed by atoms with Gasteiger partial charge in [0.25, 0.3) is 0 Å². The maximum absolute atomic E-state index is 11.9. The fraction of sp³-hybridized carbons (Fsp3) is 0.818. The van der Waals surface area contributed by atoms with Gasteiger partial charge in [-0.25, -0.2) is 4.79 Å². The van der Waals surface area contributed by atoms with Gasteiger partial charge in [-0.1, -0.05) is 0 Å². The molecule has 0 radical (unpaired) electrons. The maximum atomic E-state index is 11.9. The lowest BCUT2D eigenvalue weighted by Crippen LogP contribution is -2.52. The predicted molar refractivity (Wildman–Crippen MR) is 62.9 cm³/mol. The number of ether oxygens (including phenoxy) is 2. The van der Waals surface area contributed by atoms with Crippen LogP contribution < -0.4 is 0 Å². The molecule has 0 aliphatic carbocycles. The van der Waals surface area contributed by atoms with E-state index in [0.717, 1.165) is 12.8 Å². The van der Waals surface area contributed by atoms with Crippen LogP contribution in [0, 0.1) is 0 Å². The van der Waals surface area contributed by atoms with Crippen LogP contribution in [0.25, 0.3) is 0 Å². The molecule has 1 unspecified atom stereocenters. The van der Waals surface area contributed by atoms with E-state index in [4.69, 9.17) is 16.3 Å². The Hall–Kier alpha value is -0.810. The fourth-order valence-corrected chi connectivity index (χ4v) is 1.94. The first-order chi connectivity index (χ1) is 8.20. The Bertz CT molecular complexity index is 272. The monoisotopic (exact) mass is 263 g/mol. The van der Waals surface area contributed by atoms with Crippen LogP contribution in [0.2, 0.25) is 0 Å². The number of carbonyl (C=O) groups excluding carboxylic acids is 2. The number of hydrogen-bond acceptors (Lipinski definition) is 4. The van der Waals surface area contributed by atoms with E-state index in [1.807, 2.05) is 0 Å². The third-order valence-electron chi connectivity index (χ3n) is 2.70. The predicted octanol–water partition coefficient (Wildman–Crippen LogP) is 0.796. The lowest BCUT2D eigenvalue weighted by atomic mass is 10.1. The summed E-state index contributed by atoms with van der Waals surface area (Å²) in [5.41, 5.74) is 0. The first-order valence-electron chi connectivity index (χ1n) is 5.71. The van der Waals surface area contributed by atoms with Crippen molar-refractivity contribution < 1.29 is 19.1 Å². The average molecular weight is 264 g/mol. The number of rotatable bonds is 5. The second-order valence-corrected chi connectivity index (χ2v) is 4.23. The molecule has 0 aromatic carbocycles. The standard InChI is InChI=1S/C11H18ClNO4/c1-16-11(15)9-8-17-7-6-13(9)10(14)4-2-3-5-12/h9H,2-8H2,1H3. The van der Waals surface area contributed by atoms with Gasteiger partial charge in [-0.3, -0.25) is 4.79 Å². The lowest BCUT2D eigenvalue weighted by Gasteiger charge is -2.33. The molecule has 6 heteroatoms. The molecular formula is C11H18ClNO4. The molecule has 0 bridgehead atoms. The van der Waals surface area contributed by atoms with Gasteiger partial charge in [-0.15, -0.1) is 11.6 Å². The number of halogens is 1. The summed E-state index contributed by atoms with van der Waals surface area (Å²) in [6, 6.07) is -0.600. The second-order valence-electron chi connectivity index (χ2n) is 3.85. The molecule has 0 aromatic rings. The molecule has 1 amide bonds. The van der Waals surface area contributed by atoms with Crippen molar-refractivity contribution in [1.29, 1.82) is 0 Å². The van der Waals surface area contributed by atoms with E-state index < -0.39 is 12.0 Å². The quantitative estimate of drug-likeness (QED) is 0.418. The highest BCUT2D eigenvalue weighted by Crippen LogP contribution is 2.12. The van der Waals surface area contributed by atoms with E-state index in [-0.39, 0.29) is 12.5 Å². The van der Waals surface area contributed by atoms with Crippen LogP contribution in [-0.4, -0.2) is 55.6 Å². The van der Waals surface area contributed by atoms with Crippen molar-refractivity contribution >= 4 is 23.5 Å². The van der Waals surface area contributed by atoms with Gasteiger partial charge in [0.15, 0.2) is 6.04 Å². The summed E-state index contributed by atoms with van der Waals surface area (Å²) in [6.45, 7) is 1.13. The topological polar surface area (TPSA) is 55.8 Å². The van der Waals surface area contributed by atoms with E-state index in [1.165, 1.54) is 7.11 Å². The van der Waals surface area contributed by atoms with Gasteiger partial charge in [0, 0.05) is 18.8 Å². The van der Waals surface area contributed by atoms with Crippen LogP contribution in [0.1, 0.15) is 19.3 Å². The molecule has 1 heterocycles. The molecule has 5 nitrogen and oxygen atoms in total. The zero-order valence-electron chi connectivity index (χ0n) is 9.99. The van der Waals surface area contributed by atoms with E-state index in [2.05, 4.69) is 4.74 Å². The Labute approximate surface area is 106 Å². The molecule has 0 saturated carbocycles. The van der Waals surface area contributed by atoms with Crippen molar-refractivity contribution in [3.8, 4) is 0 Å². The number of carbonyl (C=O) groups is 2. The van der Waals surface area contributed by atoms with E-state index in [0.29, 0.717) is 25.5 Å². The van der Waals surface area contributed by atoms with Crippen LogP contribution in [0.4, 0.5) is 0 Å². The number of esters is 1. The molecule has 1 rings (SSSR count). The molecule has 1 saturated heterocycles. The van der Waals surface area contributed by atoms with Crippen LogP contribution >= 0.6 is 11.6 Å². The highest BCUT2D eigenvalue weighted by atomic mass is 35.5. The summed E-state index contributed by atoms with van der Waals surface area (Å²) in [4.78, 5) is 25.0. The summed E-state index contributed by atoms with van der Waals surface area (Å²) in [6.07, 6.45) is 1.97. The molecule has 0 N–H and O–H groups in total. The van der Waals surface area contributed by atoms with Gasteiger partial charge >= 0.3 is 5.97 Å². The van der Waals surface area contributed by atoms with Crippen LogP contribution in [-0.2, 0) is 19.1 Å². The lowest BCUT2D eigenvalue weighted by molar-refractivity contribution is -0.160. The van der Waals surface area contributed by atoms with Gasteiger partial charge in [-0.2, -0.15) is 0 Å². The molecule has 0 spiro atoms. The fourth-order valence-electron chi connectivity index (χ4n) is 1.75. The van der Waals surface area contributed by atoms with Gasteiger partial charge < -0.3 is 14.4 Å². The highest BCUT2D eigenvalue weighted by Gasteiger charge is 2.33. The minimum absolute atomic E-state index is 0.0335. The van der Waals surface area contributed by atoms with Crippen molar-refractivity contribution in [2.45, 2.75) is 25.3 Å². The highest BCUT2D eigenvalue weighted by molar-refractivity contribution is 6.17. The minimum atomic E-state index is -0.600. The van der Waals surface area contributed by atoms with Gasteiger partial charge in [0.2, 0.25) is 5.91 Å². The SMILES string of the molecule is COC(=O)C1COCCN1C(=O)CCCCCl. The third kappa shape index (κ3) is 4.16. The summed E-state index contributed by atoms with van der Waals surface area (Å²) in [7, 11) is 1.31.